The molecule has 0 saturated heterocycles. The zero-order valence-corrected chi connectivity index (χ0v) is 15.0. The van der Waals surface area contributed by atoms with E-state index in [1.54, 1.807) is 7.11 Å². The molecule has 2 heterocycles. The molecule has 1 amide bonds. The molecule has 4 rings (SSSR count). The van der Waals surface area contributed by atoms with Gasteiger partial charge in [-0.1, -0.05) is 24.3 Å². The summed E-state index contributed by atoms with van der Waals surface area (Å²) in [5.41, 5.74) is 3.74. The molecule has 3 N–H and O–H groups in total. The number of aromatic nitrogens is 4. The number of imidazole rings is 1. The Bertz CT molecular complexity index is 1070. The highest BCUT2D eigenvalue weighted by Gasteiger charge is 2.19. The molecule has 27 heavy (non-hydrogen) atoms. The van der Waals surface area contributed by atoms with Crippen molar-refractivity contribution in [2.24, 2.45) is 0 Å². The highest BCUT2D eigenvalue weighted by Crippen LogP contribution is 2.25. The summed E-state index contributed by atoms with van der Waals surface area (Å²) in [6, 6.07) is 15.0. The number of carbonyl (C=O) groups is 1. The van der Waals surface area contributed by atoms with Crippen molar-refractivity contribution >= 4 is 16.9 Å². The van der Waals surface area contributed by atoms with E-state index in [2.05, 4.69) is 25.5 Å². The Morgan fingerprint density at radius 1 is 1.19 bits per heavy atom. The molecule has 136 valence electrons. The summed E-state index contributed by atoms with van der Waals surface area (Å²) in [6.07, 6.45) is 1.52. The van der Waals surface area contributed by atoms with Crippen molar-refractivity contribution in [2.75, 3.05) is 7.11 Å². The average Bonchev–Trinajstić information content (AvgIpc) is 3.35. The van der Waals surface area contributed by atoms with E-state index in [0.717, 1.165) is 16.6 Å². The molecule has 1 atom stereocenters. The zero-order valence-electron chi connectivity index (χ0n) is 15.0. The second-order valence-corrected chi connectivity index (χ2v) is 6.22. The molecule has 0 bridgehead atoms. The molecule has 0 spiro atoms. The Labute approximate surface area is 155 Å². The highest BCUT2D eigenvalue weighted by molar-refractivity contribution is 6.00. The first-order valence-electron chi connectivity index (χ1n) is 8.59. The molecular weight excluding hydrogens is 342 g/mol. The van der Waals surface area contributed by atoms with Crippen molar-refractivity contribution in [3.8, 4) is 17.0 Å². The Hall–Kier alpha value is -3.61. The predicted molar refractivity (Wildman–Crippen MR) is 103 cm³/mol. The van der Waals surface area contributed by atoms with Gasteiger partial charge in [-0.15, -0.1) is 0 Å². The summed E-state index contributed by atoms with van der Waals surface area (Å²) in [4.78, 5) is 20.6. The van der Waals surface area contributed by atoms with Crippen LogP contribution in [0.1, 0.15) is 29.1 Å². The summed E-state index contributed by atoms with van der Waals surface area (Å²) in [5, 5.41) is 9.91. The lowest BCUT2D eigenvalue weighted by molar-refractivity contribution is 0.0939. The molecule has 0 fully saturated rings. The van der Waals surface area contributed by atoms with Gasteiger partial charge >= 0.3 is 0 Å². The van der Waals surface area contributed by atoms with Crippen LogP contribution in [0.15, 0.2) is 54.7 Å². The normalized spacial score (nSPS) is 12.1. The van der Waals surface area contributed by atoms with E-state index >= 15 is 0 Å². The fraction of sp³-hybridized carbons (Fsp3) is 0.150. The lowest BCUT2D eigenvalue weighted by Crippen LogP contribution is -2.27. The third-order valence-electron chi connectivity index (χ3n) is 4.41. The maximum atomic E-state index is 12.8. The Balaban J connectivity index is 1.57. The van der Waals surface area contributed by atoms with E-state index in [0.29, 0.717) is 22.8 Å². The van der Waals surface area contributed by atoms with Gasteiger partial charge < -0.3 is 15.0 Å². The molecule has 2 aromatic carbocycles. The summed E-state index contributed by atoms with van der Waals surface area (Å²) >= 11 is 0. The van der Waals surface area contributed by atoms with Crippen molar-refractivity contribution in [1.82, 2.24) is 25.5 Å². The molecule has 0 aliphatic carbocycles. The fourth-order valence-electron chi connectivity index (χ4n) is 2.98. The van der Waals surface area contributed by atoms with E-state index in [4.69, 9.17) is 4.74 Å². The first kappa shape index (κ1) is 16.8. The lowest BCUT2D eigenvalue weighted by atomic mass is 10.1. The van der Waals surface area contributed by atoms with Crippen LogP contribution in [0.25, 0.3) is 22.3 Å². The molecular formula is C20H19N5O2. The van der Waals surface area contributed by atoms with Crippen LogP contribution in [-0.2, 0) is 0 Å². The van der Waals surface area contributed by atoms with Gasteiger partial charge in [0.2, 0.25) is 0 Å². The molecule has 2 aromatic heterocycles. The van der Waals surface area contributed by atoms with Crippen LogP contribution in [0.2, 0.25) is 0 Å². The Morgan fingerprint density at radius 3 is 2.85 bits per heavy atom. The number of hydrogen-bond acceptors (Lipinski definition) is 4. The van der Waals surface area contributed by atoms with Gasteiger partial charge in [0.25, 0.3) is 5.91 Å². The zero-order chi connectivity index (χ0) is 18.8. The minimum absolute atomic E-state index is 0.227. The number of methoxy groups -OCH3 is 1. The van der Waals surface area contributed by atoms with Crippen LogP contribution >= 0.6 is 0 Å². The highest BCUT2D eigenvalue weighted by atomic mass is 16.5. The van der Waals surface area contributed by atoms with Crippen LogP contribution in [0, 0.1) is 0 Å². The molecule has 0 unspecified atom stereocenters. The van der Waals surface area contributed by atoms with Gasteiger partial charge in [0.15, 0.2) is 0 Å². The number of carbonyl (C=O) groups excluding carboxylic acids is 1. The number of nitrogens with zero attached hydrogens (tertiary/aromatic N) is 2. The van der Waals surface area contributed by atoms with Gasteiger partial charge in [-0.2, -0.15) is 5.10 Å². The summed E-state index contributed by atoms with van der Waals surface area (Å²) < 4.78 is 5.26. The van der Waals surface area contributed by atoms with Crippen molar-refractivity contribution < 1.29 is 9.53 Å². The quantitative estimate of drug-likeness (QED) is 0.507. The number of benzene rings is 2. The van der Waals surface area contributed by atoms with E-state index < -0.39 is 0 Å². The van der Waals surface area contributed by atoms with Gasteiger partial charge in [-0.25, -0.2) is 4.98 Å². The van der Waals surface area contributed by atoms with Crippen LogP contribution in [-0.4, -0.2) is 33.2 Å². The molecule has 0 radical (unpaired) electrons. The second kappa shape index (κ2) is 6.95. The van der Waals surface area contributed by atoms with Gasteiger partial charge in [-0.05, 0) is 31.2 Å². The van der Waals surface area contributed by atoms with Gasteiger partial charge in [0.1, 0.15) is 11.6 Å². The molecule has 7 heteroatoms. The molecule has 0 saturated carbocycles. The molecule has 0 aliphatic rings. The third kappa shape index (κ3) is 3.27. The Kier molecular flexibility index (Phi) is 4.33. The number of nitrogens with one attached hydrogen (secondary N) is 3. The number of amides is 1. The Morgan fingerprint density at radius 2 is 2.04 bits per heavy atom. The third-order valence-corrected chi connectivity index (χ3v) is 4.41. The number of fused-ring (bicyclic) bond motifs is 1. The number of aromatic amines is 2. The fourth-order valence-corrected chi connectivity index (χ4v) is 2.98. The molecule has 7 nitrogen and oxygen atoms in total. The second-order valence-electron chi connectivity index (χ2n) is 6.22. The smallest absolute Gasteiger partial charge is 0.255 e. The van der Waals surface area contributed by atoms with E-state index in [1.807, 2.05) is 55.5 Å². The predicted octanol–water partition coefficient (Wildman–Crippen LogP) is 3.45. The number of ether oxygens (including phenoxy) is 1. The molecule has 0 aliphatic heterocycles. The monoisotopic (exact) mass is 361 g/mol. The SMILES string of the molecule is COc1cccc(-c2[nH]ncc2C(=O)N[C@@H](C)c2nc3ccccc3[nH]2)c1. The maximum absolute atomic E-state index is 12.8. The number of hydrogen-bond donors (Lipinski definition) is 3. The number of H-pyrrole nitrogens is 2. The first-order valence-corrected chi connectivity index (χ1v) is 8.59. The minimum atomic E-state index is -0.280. The van der Waals surface area contributed by atoms with Gasteiger partial charge in [0.05, 0.1) is 41.6 Å². The average molecular weight is 361 g/mol. The van der Waals surface area contributed by atoms with Crippen molar-refractivity contribution in [2.45, 2.75) is 13.0 Å². The van der Waals surface area contributed by atoms with Crippen molar-refractivity contribution in [3.63, 3.8) is 0 Å². The largest absolute Gasteiger partial charge is 0.497 e. The van der Waals surface area contributed by atoms with Crippen LogP contribution in [0.4, 0.5) is 0 Å². The lowest BCUT2D eigenvalue weighted by Gasteiger charge is -2.12. The van der Waals surface area contributed by atoms with Gasteiger partial charge in [0, 0.05) is 5.56 Å². The summed E-state index contributed by atoms with van der Waals surface area (Å²) in [7, 11) is 1.61. The summed E-state index contributed by atoms with van der Waals surface area (Å²) in [5.74, 6) is 1.19. The summed E-state index contributed by atoms with van der Waals surface area (Å²) in [6.45, 7) is 1.89. The molecule has 4 aromatic rings. The minimum Gasteiger partial charge on any atom is -0.497 e. The van der Waals surface area contributed by atoms with Gasteiger partial charge in [-0.3, -0.25) is 9.89 Å². The van der Waals surface area contributed by atoms with E-state index in [1.165, 1.54) is 6.20 Å². The van der Waals surface area contributed by atoms with Crippen LogP contribution in [0.3, 0.4) is 0 Å². The van der Waals surface area contributed by atoms with Crippen LogP contribution < -0.4 is 10.1 Å². The van der Waals surface area contributed by atoms with Crippen molar-refractivity contribution in [1.29, 1.82) is 0 Å². The van der Waals surface area contributed by atoms with Crippen LogP contribution in [0.5, 0.6) is 5.75 Å². The first-order chi connectivity index (χ1) is 13.2. The van der Waals surface area contributed by atoms with E-state index in [9.17, 15) is 4.79 Å². The standard InChI is InChI=1S/C20H19N5O2/c1-12(19-23-16-8-3-4-9-17(16)24-19)22-20(26)15-11-21-25-18(15)13-6-5-7-14(10-13)27-2/h3-12H,1-2H3,(H,21,25)(H,22,26)(H,23,24)/t12-/m0/s1. The number of rotatable bonds is 5. The van der Waals surface area contributed by atoms with E-state index in [-0.39, 0.29) is 11.9 Å². The number of para-hydroxylation sites is 2. The topological polar surface area (TPSA) is 95.7 Å². The van der Waals surface area contributed by atoms with Crippen molar-refractivity contribution in [3.05, 3.63) is 66.1 Å². The maximum Gasteiger partial charge on any atom is 0.255 e.